The van der Waals surface area contributed by atoms with E-state index in [0.29, 0.717) is 6.54 Å². The van der Waals surface area contributed by atoms with Crippen LogP contribution < -0.4 is 15.2 Å². The molecule has 0 atom stereocenters. The minimum absolute atomic E-state index is 0.352. The van der Waals surface area contributed by atoms with Crippen LogP contribution in [0, 0.1) is 0 Å². The second-order valence-electron chi connectivity index (χ2n) is 4.31. The highest BCUT2D eigenvalue weighted by atomic mass is 16.7. The van der Waals surface area contributed by atoms with Crippen LogP contribution in [0.4, 0.5) is 0 Å². The van der Waals surface area contributed by atoms with Gasteiger partial charge in [0.05, 0.1) is 0 Å². The molecular formula is C12H15NO2. The van der Waals surface area contributed by atoms with Gasteiger partial charge in [-0.1, -0.05) is 6.07 Å². The molecule has 1 aliphatic heterocycles. The Labute approximate surface area is 89.2 Å². The van der Waals surface area contributed by atoms with Gasteiger partial charge in [-0.25, -0.2) is 0 Å². The van der Waals surface area contributed by atoms with Crippen LogP contribution in [-0.4, -0.2) is 5.79 Å². The zero-order valence-electron chi connectivity index (χ0n) is 8.66. The number of benzene rings is 1. The molecular weight excluding hydrogens is 190 g/mol. The van der Waals surface area contributed by atoms with Crippen LogP contribution in [0.2, 0.25) is 0 Å². The van der Waals surface area contributed by atoms with E-state index in [2.05, 4.69) is 0 Å². The molecule has 0 unspecified atom stereocenters. The van der Waals surface area contributed by atoms with E-state index in [1.165, 1.54) is 12.8 Å². The summed E-state index contributed by atoms with van der Waals surface area (Å²) in [7, 11) is 0. The lowest BCUT2D eigenvalue weighted by atomic mass is 10.2. The fourth-order valence-corrected chi connectivity index (χ4v) is 2.38. The first-order valence-electron chi connectivity index (χ1n) is 5.52. The summed E-state index contributed by atoms with van der Waals surface area (Å²) < 4.78 is 11.8. The number of hydrogen-bond acceptors (Lipinski definition) is 3. The summed E-state index contributed by atoms with van der Waals surface area (Å²) in [4.78, 5) is 0. The summed E-state index contributed by atoms with van der Waals surface area (Å²) in [6, 6.07) is 5.95. The first-order chi connectivity index (χ1) is 7.31. The molecule has 1 aliphatic carbocycles. The van der Waals surface area contributed by atoms with Gasteiger partial charge in [-0.2, -0.15) is 0 Å². The smallest absolute Gasteiger partial charge is 0.251 e. The third kappa shape index (κ3) is 1.38. The fourth-order valence-electron chi connectivity index (χ4n) is 2.38. The van der Waals surface area contributed by atoms with Gasteiger partial charge in [-0.15, -0.1) is 0 Å². The third-order valence-electron chi connectivity index (χ3n) is 3.20. The van der Waals surface area contributed by atoms with Gasteiger partial charge in [-0.05, 0) is 30.5 Å². The van der Waals surface area contributed by atoms with E-state index in [4.69, 9.17) is 15.2 Å². The number of nitrogens with two attached hydrogens (primary N) is 1. The summed E-state index contributed by atoms with van der Waals surface area (Å²) in [5, 5.41) is 0. The summed E-state index contributed by atoms with van der Waals surface area (Å²) in [6.45, 7) is 0.545. The normalized spacial score (nSPS) is 21.1. The molecule has 0 amide bonds. The second kappa shape index (κ2) is 3.14. The predicted octanol–water partition coefficient (Wildman–Crippen LogP) is 2.19. The Balaban J connectivity index is 1.92. The zero-order valence-corrected chi connectivity index (χ0v) is 8.66. The molecule has 1 fully saturated rings. The highest BCUT2D eigenvalue weighted by molar-refractivity contribution is 5.46. The van der Waals surface area contributed by atoms with Crippen molar-refractivity contribution in [3.05, 3.63) is 23.8 Å². The van der Waals surface area contributed by atoms with Gasteiger partial charge >= 0.3 is 0 Å². The number of fused-ring (bicyclic) bond motifs is 1. The second-order valence-corrected chi connectivity index (χ2v) is 4.31. The van der Waals surface area contributed by atoms with Gasteiger partial charge in [0.1, 0.15) is 0 Å². The maximum absolute atomic E-state index is 5.92. The minimum Gasteiger partial charge on any atom is -0.448 e. The Kier molecular flexibility index (Phi) is 1.89. The third-order valence-corrected chi connectivity index (χ3v) is 3.20. The van der Waals surface area contributed by atoms with Crippen molar-refractivity contribution in [1.29, 1.82) is 0 Å². The molecule has 2 N–H and O–H groups in total. The molecule has 3 nitrogen and oxygen atoms in total. The van der Waals surface area contributed by atoms with Crippen LogP contribution in [-0.2, 0) is 6.54 Å². The molecule has 1 saturated carbocycles. The van der Waals surface area contributed by atoms with Gasteiger partial charge in [0.2, 0.25) is 0 Å². The maximum Gasteiger partial charge on any atom is 0.251 e. The number of rotatable bonds is 1. The SMILES string of the molecule is NCc1ccc2c(c1)OC1(CCCC1)O2. The van der Waals surface area contributed by atoms with Crippen LogP contribution in [0.1, 0.15) is 31.2 Å². The molecule has 0 aromatic heterocycles. The van der Waals surface area contributed by atoms with Crippen molar-refractivity contribution >= 4 is 0 Å². The minimum atomic E-state index is -0.352. The molecule has 15 heavy (non-hydrogen) atoms. The van der Waals surface area contributed by atoms with E-state index in [1.807, 2.05) is 18.2 Å². The summed E-state index contributed by atoms with van der Waals surface area (Å²) in [5.41, 5.74) is 6.68. The van der Waals surface area contributed by atoms with Crippen LogP contribution in [0.5, 0.6) is 11.5 Å². The van der Waals surface area contributed by atoms with E-state index in [-0.39, 0.29) is 5.79 Å². The van der Waals surface area contributed by atoms with Crippen LogP contribution in [0.15, 0.2) is 18.2 Å². The number of ether oxygens (including phenoxy) is 2. The van der Waals surface area contributed by atoms with E-state index < -0.39 is 0 Å². The van der Waals surface area contributed by atoms with Gasteiger partial charge in [0, 0.05) is 19.4 Å². The van der Waals surface area contributed by atoms with E-state index in [0.717, 1.165) is 29.9 Å². The van der Waals surface area contributed by atoms with Crippen LogP contribution >= 0.6 is 0 Å². The van der Waals surface area contributed by atoms with Crippen molar-refractivity contribution < 1.29 is 9.47 Å². The van der Waals surface area contributed by atoms with E-state index in [9.17, 15) is 0 Å². The molecule has 1 spiro atoms. The fraction of sp³-hybridized carbons (Fsp3) is 0.500. The highest BCUT2D eigenvalue weighted by Gasteiger charge is 2.43. The molecule has 3 rings (SSSR count). The molecule has 1 aromatic rings. The molecule has 0 radical (unpaired) electrons. The summed E-state index contributed by atoms with van der Waals surface area (Å²) >= 11 is 0. The zero-order chi connectivity index (χ0) is 10.3. The van der Waals surface area contributed by atoms with Gasteiger partial charge in [0.15, 0.2) is 11.5 Å². The first-order valence-corrected chi connectivity index (χ1v) is 5.52. The highest BCUT2D eigenvalue weighted by Crippen LogP contribution is 2.46. The Morgan fingerprint density at radius 3 is 2.60 bits per heavy atom. The average Bonchev–Trinajstić information content (AvgIpc) is 2.84. The molecule has 3 heteroatoms. The molecule has 1 aromatic carbocycles. The van der Waals surface area contributed by atoms with Crippen molar-refractivity contribution in [2.24, 2.45) is 5.73 Å². The van der Waals surface area contributed by atoms with Crippen molar-refractivity contribution in [2.45, 2.75) is 38.0 Å². The molecule has 0 bridgehead atoms. The average molecular weight is 205 g/mol. The van der Waals surface area contributed by atoms with E-state index in [1.54, 1.807) is 0 Å². The van der Waals surface area contributed by atoms with Crippen molar-refractivity contribution in [1.82, 2.24) is 0 Å². The molecule has 80 valence electrons. The summed E-state index contributed by atoms with van der Waals surface area (Å²) in [5.74, 6) is 1.38. The monoisotopic (exact) mass is 205 g/mol. The van der Waals surface area contributed by atoms with Gasteiger partial charge in [0.25, 0.3) is 5.79 Å². The number of hydrogen-bond donors (Lipinski definition) is 1. The lowest BCUT2D eigenvalue weighted by Gasteiger charge is -2.21. The standard InChI is InChI=1S/C12H15NO2/c13-8-9-3-4-10-11(7-9)15-12(14-10)5-1-2-6-12/h3-4,7H,1-2,5-6,8,13H2. The molecule has 1 heterocycles. The Morgan fingerprint density at radius 1 is 1.13 bits per heavy atom. The lowest BCUT2D eigenvalue weighted by Crippen LogP contribution is -2.34. The summed E-state index contributed by atoms with van der Waals surface area (Å²) in [6.07, 6.45) is 4.38. The van der Waals surface area contributed by atoms with Crippen LogP contribution in [0.3, 0.4) is 0 Å². The predicted molar refractivity (Wildman–Crippen MR) is 56.8 cm³/mol. The Hall–Kier alpha value is -1.22. The van der Waals surface area contributed by atoms with Gasteiger partial charge in [-0.3, -0.25) is 0 Å². The molecule has 2 aliphatic rings. The Bertz CT molecular complexity index is 383. The Morgan fingerprint density at radius 2 is 1.87 bits per heavy atom. The largest absolute Gasteiger partial charge is 0.448 e. The maximum atomic E-state index is 5.92. The van der Waals surface area contributed by atoms with E-state index >= 15 is 0 Å². The van der Waals surface area contributed by atoms with Crippen molar-refractivity contribution in [3.8, 4) is 11.5 Å². The van der Waals surface area contributed by atoms with Crippen molar-refractivity contribution in [3.63, 3.8) is 0 Å². The van der Waals surface area contributed by atoms with Crippen LogP contribution in [0.25, 0.3) is 0 Å². The first kappa shape index (κ1) is 9.04. The molecule has 0 saturated heterocycles. The lowest BCUT2D eigenvalue weighted by molar-refractivity contribution is -0.0716. The van der Waals surface area contributed by atoms with Gasteiger partial charge < -0.3 is 15.2 Å². The topological polar surface area (TPSA) is 44.5 Å². The quantitative estimate of drug-likeness (QED) is 0.764. The van der Waals surface area contributed by atoms with Crippen molar-refractivity contribution in [2.75, 3.05) is 0 Å².